The third-order valence-corrected chi connectivity index (χ3v) is 6.66. The number of benzene rings is 2. The van der Waals surface area contributed by atoms with Gasteiger partial charge in [0.25, 0.3) is 10.0 Å². The highest BCUT2D eigenvalue weighted by Gasteiger charge is 2.28. The van der Waals surface area contributed by atoms with Crippen molar-refractivity contribution < 1.29 is 26.4 Å². The van der Waals surface area contributed by atoms with E-state index >= 15 is 4.39 Å². The van der Waals surface area contributed by atoms with Crippen LogP contribution in [-0.4, -0.2) is 41.9 Å². The molecule has 0 bridgehead atoms. The van der Waals surface area contributed by atoms with Crippen molar-refractivity contribution in [1.29, 1.82) is 0 Å². The minimum absolute atomic E-state index is 0.0936. The molecule has 0 aliphatic rings. The number of H-pyrrole nitrogens is 1. The Bertz CT molecular complexity index is 1700. The van der Waals surface area contributed by atoms with Gasteiger partial charge in [-0.25, -0.2) is 31.6 Å². The Morgan fingerprint density at radius 1 is 1.13 bits per heavy atom. The van der Waals surface area contributed by atoms with Crippen LogP contribution in [0.1, 0.15) is 22.8 Å². The number of sulfonamides is 1. The van der Waals surface area contributed by atoms with Gasteiger partial charge in [-0.15, -0.1) is 0 Å². The summed E-state index contributed by atoms with van der Waals surface area (Å²) in [7, 11) is -4.61. The van der Waals surface area contributed by atoms with Gasteiger partial charge in [-0.2, -0.15) is 0 Å². The van der Waals surface area contributed by atoms with Crippen molar-refractivity contribution in [3.05, 3.63) is 89.4 Å². The molecule has 2 aromatic carbocycles. The van der Waals surface area contributed by atoms with Crippen molar-refractivity contribution in [1.82, 2.24) is 15.0 Å². The number of hydrogen-bond donors (Lipinski definition) is 4. The van der Waals surface area contributed by atoms with E-state index in [2.05, 4.69) is 25.3 Å². The summed E-state index contributed by atoms with van der Waals surface area (Å²) in [6.07, 6.45) is 5.03. The molecule has 0 amide bonds. The van der Waals surface area contributed by atoms with Gasteiger partial charge in [0.1, 0.15) is 34.3 Å². The second kappa shape index (κ2) is 10.7. The molecule has 2 aromatic heterocycles. The average molecular weight is 544 g/mol. The maximum Gasteiger partial charge on any atom is 0.264 e. The second-order valence-corrected chi connectivity index (χ2v) is 9.32. The number of rotatable bonds is 9. The highest BCUT2D eigenvalue weighted by Crippen LogP contribution is 2.30. The molecule has 4 rings (SSSR count). The predicted molar refractivity (Wildman–Crippen MR) is 136 cm³/mol. The molecule has 38 heavy (non-hydrogen) atoms. The van der Waals surface area contributed by atoms with Crippen molar-refractivity contribution in [3.8, 4) is 0 Å². The SMILES string of the molecule is CCN=CC(=CN)Nc1ncnc2[nH]cc(C(=O)c3c(F)ccc(NS(=O)(=O)c4ccccc4F)c3F)c12. The number of anilines is 2. The van der Waals surface area contributed by atoms with E-state index in [1.54, 1.807) is 0 Å². The average Bonchev–Trinajstić information content (AvgIpc) is 3.33. The van der Waals surface area contributed by atoms with Crippen LogP contribution in [0, 0.1) is 17.5 Å². The molecule has 0 aliphatic heterocycles. The summed E-state index contributed by atoms with van der Waals surface area (Å²) < 4.78 is 71.4. The van der Waals surface area contributed by atoms with E-state index in [9.17, 15) is 22.0 Å². The molecule has 5 N–H and O–H groups in total. The Kier molecular flexibility index (Phi) is 7.43. The lowest BCUT2D eigenvalue weighted by Crippen LogP contribution is -2.17. The minimum atomic E-state index is -4.61. The summed E-state index contributed by atoms with van der Waals surface area (Å²) in [6.45, 7) is 2.28. The summed E-state index contributed by atoms with van der Waals surface area (Å²) in [6, 6.07) is 5.95. The normalized spacial score (nSPS) is 12.3. The number of carbonyl (C=O) groups is 1. The molecule has 2 heterocycles. The number of aromatic nitrogens is 3. The summed E-state index contributed by atoms with van der Waals surface area (Å²) in [5.41, 5.74) is 4.11. The van der Waals surface area contributed by atoms with Gasteiger partial charge in [-0.3, -0.25) is 14.5 Å². The largest absolute Gasteiger partial charge is 0.403 e. The van der Waals surface area contributed by atoms with Crippen LogP contribution in [0.5, 0.6) is 0 Å². The van der Waals surface area contributed by atoms with E-state index in [1.807, 2.05) is 11.6 Å². The molecule has 0 saturated heterocycles. The van der Waals surface area contributed by atoms with Crippen molar-refractivity contribution in [2.24, 2.45) is 10.7 Å². The lowest BCUT2D eigenvalue weighted by Gasteiger charge is -2.13. The highest BCUT2D eigenvalue weighted by molar-refractivity contribution is 7.92. The van der Waals surface area contributed by atoms with Gasteiger partial charge in [-0.05, 0) is 31.2 Å². The van der Waals surface area contributed by atoms with Gasteiger partial charge in [-0.1, -0.05) is 12.1 Å². The molecular weight excluding hydrogens is 523 g/mol. The van der Waals surface area contributed by atoms with Gasteiger partial charge in [0.2, 0.25) is 5.78 Å². The molecule has 4 aromatic rings. The Balaban J connectivity index is 1.77. The number of carbonyl (C=O) groups excluding carboxylic acids is 1. The van der Waals surface area contributed by atoms with E-state index in [0.717, 1.165) is 24.3 Å². The monoisotopic (exact) mass is 543 g/mol. The molecule has 0 aliphatic carbocycles. The quantitative estimate of drug-likeness (QED) is 0.185. The van der Waals surface area contributed by atoms with E-state index in [4.69, 9.17) is 5.73 Å². The van der Waals surface area contributed by atoms with Crippen molar-refractivity contribution in [2.75, 3.05) is 16.6 Å². The number of nitrogens with two attached hydrogens (primary N) is 1. The molecule has 0 spiro atoms. The topological polar surface area (TPSA) is 155 Å². The number of nitrogens with one attached hydrogen (secondary N) is 3. The van der Waals surface area contributed by atoms with E-state index < -0.39 is 49.4 Å². The molecule has 0 atom stereocenters. The zero-order valence-corrected chi connectivity index (χ0v) is 20.5. The van der Waals surface area contributed by atoms with Crippen LogP contribution >= 0.6 is 0 Å². The van der Waals surface area contributed by atoms with Gasteiger partial charge in [0.05, 0.1) is 27.9 Å². The Labute approximate surface area is 214 Å². The van der Waals surface area contributed by atoms with Crippen molar-refractivity contribution >= 4 is 44.6 Å². The molecule has 0 radical (unpaired) electrons. The summed E-state index contributed by atoms with van der Waals surface area (Å²) in [5.74, 6) is -4.85. The first kappa shape index (κ1) is 26.3. The van der Waals surface area contributed by atoms with Crippen molar-refractivity contribution in [2.45, 2.75) is 11.8 Å². The van der Waals surface area contributed by atoms with Gasteiger partial charge < -0.3 is 16.0 Å². The highest BCUT2D eigenvalue weighted by atomic mass is 32.2. The number of allylic oxidation sites excluding steroid dienone is 1. The van der Waals surface area contributed by atoms with Crippen LogP contribution in [0.4, 0.5) is 24.7 Å². The molecule has 0 fully saturated rings. The Morgan fingerprint density at radius 3 is 2.61 bits per heavy atom. The van der Waals surface area contributed by atoms with E-state index in [0.29, 0.717) is 12.2 Å². The first-order valence-corrected chi connectivity index (χ1v) is 12.5. The first-order chi connectivity index (χ1) is 18.2. The zero-order chi connectivity index (χ0) is 27.4. The zero-order valence-electron chi connectivity index (χ0n) is 19.7. The third-order valence-electron chi connectivity index (χ3n) is 5.26. The number of hydrogen-bond acceptors (Lipinski definition) is 8. The number of nitrogens with zero attached hydrogens (tertiary/aromatic N) is 3. The van der Waals surface area contributed by atoms with Crippen LogP contribution < -0.4 is 15.8 Å². The summed E-state index contributed by atoms with van der Waals surface area (Å²) >= 11 is 0. The minimum Gasteiger partial charge on any atom is -0.403 e. The first-order valence-electron chi connectivity index (χ1n) is 11.0. The molecule has 10 nitrogen and oxygen atoms in total. The molecule has 14 heteroatoms. The maximum atomic E-state index is 15.4. The van der Waals surface area contributed by atoms with E-state index in [-0.39, 0.29) is 22.4 Å². The summed E-state index contributed by atoms with van der Waals surface area (Å²) in [4.78, 5) is 27.6. The number of aliphatic imine (C=N–C) groups is 1. The maximum absolute atomic E-state index is 15.4. The molecule has 196 valence electrons. The molecular formula is C24H20F3N7O3S. The predicted octanol–water partition coefficient (Wildman–Crippen LogP) is 3.71. The fourth-order valence-electron chi connectivity index (χ4n) is 3.52. The van der Waals surface area contributed by atoms with Crippen LogP contribution in [0.15, 0.2) is 70.7 Å². The van der Waals surface area contributed by atoms with Crippen LogP contribution in [-0.2, 0) is 10.0 Å². The standard InChI is InChI=1S/C24H20F3N7O3S/c1-2-29-10-13(9-28)33-24-19-14(11-30-23(19)31-12-32-24)22(35)20-16(26)7-8-17(21(20)27)34-38(36,37)18-6-4-3-5-15(18)25/h3-12,34H,2,28H2,1H3,(H2,30,31,32,33). The van der Waals surface area contributed by atoms with Crippen LogP contribution in [0.3, 0.4) is 0 Å². The fraction of sp³-hybridized carbons (Fsp3) is 0.0833. The number of halogens is 3. The van der Waals surface area contributed by atoms with Gasteiger partial charge >= 0.3 is 0 Å². The van der Waals surface area contributed by atoms with Crippen molar-refractivity contribution in [3.63, 3.8) is 0 Å². The third kappa shape index (κ3) is 5.06. The molecule has 0 unspecified atom stereocenters. The molecule has 0 saturated carbocycles. The fourth-order valence-corrected chi connectivity index (χ4v) is 4.66. The smallest absolute Gasteiger partial charge is 0.264 e. The lowest BCUT2D eigenvalue weighted by molar-refractivity contribution is 0.103. The number of aromatic amines is 1. The van der Waals surface area contributed by atoms with Gasteiger partial charge in [0, 0.05) is 25.2 Å². The summed E-state index contributed by atoms with van der Waals surface area (Å²) in [5, 5.41) is 2.98. The second-order valence-electron chi connectivity index (χ2n) is 7.67. The number of fused-ring (bicyclic) bond motifs is 1. The van der Waals surface area contributed by atoms with E-state index in [1.165, 1.54) is 37.1 Å². The van der Waals surface area contributed by atoms with Crippen LogP contribution in [0.25, 0.3) is 11.0 Å². The van der Waals surface area contributed by atoms with Gasteiger partial charge in [0.15, 0.2) is 5.82 Å². The Hall–Kier alpha value is -4.72. The lowest BCUT2D eigenvalue weighted by atomic mass is 10.0. The number of ketones is 1. The Morgan fingerprint density at radius 2 is 1.89 bits per heavy atom. The van der Waals surface area contributed by atoms with Crippen LogP contribution in [0.2, 0.25) is 0 Å².